The quantitative estimate of drug-likeness (QED) is 0.403. The number of amides is 2. The van der Waals surface area contributed by atoms with Gasteiger partial charge >= 0.3 is 0 Å². The van der Waals surface area contributed by atoms with Crippen molar-refractivity contribution >= 4 is 45.1 Å². The number of carbonyl (C=O) groups excluding carboxylic acids is 2. The van der Waals surface area contributed by atoms with Gasteiger partial charge in [0.25, 0.3) is 0 Å². The molecule has 0 saturated heterocycles. The molecule has 0 radical (unpaired) electrons. The summed E-state index contributed by atoms with van der Waals surface area (Å²) in [5.74, 6) is 0.507. The SMILES string of the molecule is COc1ccc(N(CCC(N)=O)CC(=O)Nc2cc3oc4ccccc4c3cc2OC)cc1. The molecule has 0 atom stereocenters. The highest BCUT2D eigenvalue weighted by atomic mass is 16.5. The van der Waals surface area contributed by atoms with Crippen LogP contribution >= 0.6 is 0 Å². The maximum Gasteiger partial charge on any atom is 0.243 e. The van der Waals surface area contributed by atoms with E-state index in [1.165, 1.54) is 0 Å². The molecule has 0 spiro atoms. The summed E-state index contributed by atoms with van der Waals surface area (Å²) in [6.07, 6.45) is 0.119. The van der Waals surface area contributed by atoms with Crippen LogP contribution in [0.2, 0.25) is 0 Å². The number of benzene rings is 3. The van der Waals surface area contributed by atoms with Crippen LogP contribution in [0.4, 0.5) is 11.4 Å². The molecule has 0 aliphatic rings. The zero-order chi connectivity index (χ0) is 23.4. The normalized spacial score (nSPS) is 10.8. The molecule has 3 N–H and O–H groups in total. The number of nitrogens with one attached hydrogen (secondary N) is 1. The Morgan fingerprint density at radius 1 is 0.970 bits per heavy atom. The second-order valence-electron chi connectivity index (χ2n) is 7.53. The van der Waals surface area contributed by atoms with E-state index in [4.69, 9.17) is 19.6 Å². The van der Waals surface area contributed by atoms with Crippen LogP contribution in [0.5, 0.6) is 11.5 Å². The first kappa shape index (κ1) is 22.0. The third-order valence-corrected chi connectivity index (χ3v) is 5.37. The number of furan rings is 1. The Kier molecular flexibility index (Phi) is 6.35. The maximum atomic E-state index is 13.0. The molecule has 0 aliphatic heterocycles. The molecule has 0 bridgehead atoms. The standard InChI is InChI=1S/C25H25N3O5/c1-31-17-9-7-16(8-10-17)28(12-11-24(26)29)15-25(30)27-20-14-22-19(13-23(20)32-2)18-5-3-4-6-21(18)33-22/h3-10,13-14H,11-12,15H2,1-2H3,(H2,26,29)(H,27,30). The van der Waals surface area contributed by atoms with Crippen LogP contribution in [0.15, 0.2) is 65.1 Å². The first-order valence-corrected chi connectivity index (χ1v) is 10.4. The molecule has 0 fully saturated rings. The molecule has 8 heteroatoms. The summed E-state index contributed by atoms with van der Waals surface area (Å²) in [5.41, 5.74) is 8.00. The molecular formula is C25H25N3O5. The second kappa shape index (κ2) is 9.52. The monoisotopic (exact) mass is 447 g/mol. The second-order valence-corrected chi connectivity index (χ2v) is 7.53. The predicted molar refractivity (Wildman–Crippen MR) is 128 cm³/mol. The number of para-hydroxylation sites is 1. The number of hydrogen-bond donors (Lipinski definition) is 2. The highest BCUT2D eigenvalue weighted by Crippen LogP contribution is 2.36. The average molecular weight is 447 g/mol. The van der Waals surface area contributed by atoms with Gasteiger partial charge in [0.05, 0.1) is 26.5 Å². The molecule has 3 aromatic carbocycles. The highest BCUT2D eigenvalue weighted by Gasteiger charge is 2.17. The number of primary amides is 1. The smallest absolute Gasteiger partial charge is 0.243 e. The van der Waals surface area contributed by atoms with E-state index < -0.39 is 5.91 Å². The molecule has 170 valence electrons. The van der Waals surface area contributed by atoms with Gasteiger partial charge in [-0.25, -0.2) is 0 Å². The van der Waals surface area contributed by atoms with Crippen molar-refractivity contribution < 1.29 is 23.5 Å². The van der Waals surface area contributed by atoms with Gasteiger partial charge in [-0.1, -0.05) is 18.2 Å². The maximum absolute atomic E-state index is 13.0. The molecular weight excluding hydrogens is 422 g/mol. The van der Waals surface area contributed by atoms with Crippen molar-refractivity contribution in [3.05, 3.63) is 60.7 Å². The van der Waals surface area contributed by atoms with Crippen molar-refractivity contribution in [1.29, 1.82) is 0 Å². The Labute approximate surface area is 190 Å². The molecule has 1 heterocycles. The largest absolute Gasteiger partial charge is 0.497 e. The van der Waals surface area contributed by atoms with Crippen LogP contribution < -0.4 is 25.4 Å². The van der Waals surface area contributed by atoms with Crippen molar-refractivity contribution in [3.63, 3.8) is 0 Å². The van der Waals surface area contributed by atoms with Gasteiger partial charge in [0.15, 0.2) is 0 Å². The number of ether oxygens (including phenoxy) is 2. The molecule has 1 aromatic heterocycles. The van der Waals surface area contributed by atoms with Crippen molar-refractivity contribution in [1.82, 2.24) is 0 Å². The number of rotatable bonds is 9. The minimum Gasteiger partial charge on any atom is -0.497 e. The molecule has 33 heavy (non-hydrogen) atoms. The van der Waals surface area contributed by atoms with Gasteiger partial charge in [0.1, 0.15) is 22.7 Å². The van der Waals surface area contributed by atoms with Crippen LogP contribution in [0.1, 0.15) is 6.42 Å². The lowest BCUT2D eigenvalue weighted by Gasteiger charge is -2.24. The van der Waals surface area contributed by atoms with Crippen LogP contribution in [0.25, 0.3) is 21.9 Å². The number of methoxy groups -OCH3 is 2. The summed E-state index contributed by atoms with van der Waals surface area (Å²) in [6, 6.07) is 18.6. The molecule has 4 aromatic rings. The highest BCUT2D eigenvalue weighted by molar-refractivity contribution is 6.08. The molecule has 0 unspecified atom stereocenters. The summed E-state index contributed by atoms with van der Waals surface area (Å²) >= 11 is 0. The van der Waals surface area contributed by atoms with Crippen LogP contribution in [-0.4, -0.2) is 39.1 Å². The lowest BCUT2D eigenvalue weighted by atomic mass is 10.1. The Morgan fingerprint density at radius 2 is 1.73 bits per heavy atom. The van der Waals surface area contributed by atoms with E-state index in [9.17, 15) is 9.59 Å². The fraction of sp³-hybridized carbons (Fsp3) is 0.200. The van der Waals surface area contributed by atoms with Crippen molar-refractivity contribution in [3.8, 4) is 11.5 Å². The predicted octanol–water partition coefficient (Wildman–Crippen LogP) is 3.92. The first-order chi connectivity index (χ1) is 16.0. The van der Waals surface area contributed by atoms with Gasteiger partial charge in [-0.15, -0.1) is 0 Å². The number of nitrogens with zero attached hydrogens (tertiary/aromatic N) is 1. The Morgan fingerprint density at radius 3 is 2.42 bits per heavy atom. The number of hydrogen-bond acceptors (Lipinski definition) is 6. The van der Waals surface area contributed by atoms with Crippen LogP contribution in [-0.2, 0) is 9.59 Å². The summed E-state index contributed by atoms with van der Waals surface area (Å²) in [4.78, 5) is 26.1. The fourth-order valence-electron chi connectivity index (χ4n) is 3.72. The van der Waals surface area contributed by atoms with E-state index in [0.29, 0.717) is 29.3 Å². The van der Waals surface area contributed by atoms with Crippen molar-refractivity contribution in [2.45, 2.75) is 6.42 Å². The summed E-state index contributed by atoms with van der Waals surface area (Å²) in [6.45, 7) is 0.315. The van der Waals surface area contributed by atoms with E-state index in [-0.39, 0.29) is 18.9 Å². The summed E-state index contributed by atoms with van der Waals surface area (Å²) < 4.78 is 16.6. The van der Waals surface area contributed by atoms with Gasteiger partial charge in [0.2, 0.25) is 11.8 Å². The molecule has 0 aliphatic carbocycles. The zero-order valence-electron chi connectivity index (χ0n) is 18.5. The molecule has 8 nitrogen and oxygen atoms in total. The van der Waals surface area contributed by atoms with E-state index in [0.717, 1.165) is 22.0 Å². The zero-order valence-corrected chi connectivity index (χ0v) is 18.5. The lowest BCUT2D eigenvalue weighted by Crippen LogP contribution is -2.35. The van der Waals surface area contributed by atoms with Gasteiger partial charge in [-0.05, 0) is 36.4 Å². The van der Waals surface area contributed by atoms with Gasteiger partial charge in [-0.2, -0.15) is 0 Å². The topological polar surface area (TPSA) is 107 Å². The Bertz CT molecular complexity index is 1300. The minimum atomic E-state index is -0.439. The minimum absolute atomic E-state index is 0.0148. The summed E-state index contributed by atoms with van der Waals surface area (Å²) in [5, 5.41) is 4.78. The van der Waals surface area contributed by atoms with E-state index in [1.54, 1.807) is 37.3 Å². The third kappa shape index (κ3) is 4.85. The Hall–Kier alpha value is -4.20. The number of anilines is 2. The number of nitrogens with two attached hydrogens (primary N) is 1. The Balaban J connectivity index is 1.58. The van der Waals surface area contributed by atoms with E-state index in [2.05, 4.69) is 5.32 Å². The third-order valence-electron chi connectivity index (χ3n) is 5.37. The molecule has 4 rings (SSSR count). The van der Waals surface area contributed by atoms with Crippen LogP contribution in [0.3, 0.4) is 0 Å². The first-order valence-electron chi connectivity index (χ1n) is 10.4. The van der Waals surface area contributed by atoms with Crippen molar-refractivity contribution in [2.24, 2.45) is 5.73 Å². The fourth-order valence-corrected chi connectivity index (χ4v) is 3.72. The molecule has 0 saturated carbocycles. The van der Waals surface area contributed by atoms with E-state index in [1.807, 2.05) is 42.5 Å². The average Bonchev–Trinajstić information content (AvgIpc) is 3.18. The number of carbonyl (C=O) groups is 2. The molecule has 2 amide bonds. The van der Waals surface area contributed by atoms with Crippen molar-refractivity contribution in [2.75, 3.05) is 37.5 Å². The number of fused-ring (bicyclic) bond motifs is 3. The van der Waals surface area contributed by atoms with Gasteiger partial charge in [0, 0.05) is 35.5 Å². The van der Waals surface area contributed by atoms with E-state index >= 15 is 0 Å². The lowest BCUT2D eigenvalue weighted by molar-refractivity contribution is -0.118. The van der Waals surface area contributed by atoms with Gasteiger partial charge < -0.3 is 29.8 Å². The van der Waals surface area contributed by atoms with Gasteiger partial charge in [-0.3, -0.25) is 9.59 Å². The summed E-state index contributed by atoms with van der Waals surface area (Å²) in [7, 11) is 3.13. The van der Waals surface area contributed by atoms with Crippen LogP contribution in [0, 0.1) is 0 Å².